The Hall–Kier alpha value is -2.09. The molecule has 206 valence electrons. The van der Waals surface area contributed by atoms with E-state index in [4.69, 9.17) is 33.2 Å². The van der Waals surface area contributed by atoms with E-state index in [-0.39, 0.29) is 6.04 Å². The van der Waals surface area contributed by atoms with Crippen molar-refractivity contribution in [3.8, 4) is 0 Å². The molecule has 38 heavy (non-hydrogen) atoms. The van der Waals surface area contributed by atoms with Crippen LogP contribution in [-0.4, -0.2) is 57.7 Å². The second kappa shape index (κ2) is 10.8. The summed E-state index contributed by atoms with van der Waals surface area (Å²) in [6.07, 6.45) is 6.23. The SMILES string of the molecule is Cc1ccc([C@@H](C)Nc2nc(N3CCC(C4CCCCN4[C@H]4C[C@@](C)(C(=O)O)C4)C3)nc(C)c2Cl)c(Cl)c1. The average molecular weight is 561 g/mol. The third-order valence-corrected chi connectivity index (χ3v) is 9.76. The fraction of sp³-hybridized carbons (Fsp3) is 0.621. The van der Waals surface area contributed by atoms with Gasteiger partial charge in [0, 0.05) is 30.2 Å². The van der Waals surface area contributed by atoms with E-state index >= 15 is 0 Å². The van der Waals surface area contributed by atoms with Gasteiger partial charge in [0.25, 0.3) is 0 Å². The Balaban J connectivity index is 1.29. The van der Waals surface area contributed by atoms with Gasteiger partial charge in [0.05, 0.1) is 17.2 Å². The molecule has 9 heteroatoms. The zero-order chi connectivity index (χ0) is 27.2. The molecule has 7 nitrogen and oxygen atoms in total. The predicted octanol–water partition coefficient (Wildman–Crippen LogP) is 6.51. The summed E-state index contributed by atoms with van der Waals surface area (Å²) in [6.45, 7) is 10.8. The number of aromatic nitrogens is 2. The molecule has 0 spiro atoms. The van der Waals surface area contributed by atoms with Gasteiger partial charge in [-0.2, -0.15) is 4.98 Å². The van der Waals surface area contributed by atoms with E-state index < -0.39 is 11.4 Å². The molecule has 3 heterocycles. The lowest BCUT2D eigenvalue weighted by Crippen LogP contribution is -2.58. The van der Waals surface area contributed by atoms with Crippen LogP contribution in [0.5, 0.6) is 0 Å². The van der Waals surface area contributed by atoms with Crippen molar-refractivity contribution in [2.75, 3.05) is 29.9 Å². The summed E-state index contributed by atoms with van der Waals surface area (Å²) in [5.41, 5.74) is 2.32. The van der Waals surface area contributed by atoms with Crippen molar-refractivity contribution < 1.29 is 9.90 Å². The number of nitrogens with zero attached hydrogens (tertiary/aromatic N) is 4. The molecule has 0 bridgehead atoms. The van der Waals surface area contributed by atoms with Crippen molar-refractivity contribution in [2.45, 2.75) is 84.3 Å². The van der Waals surface area contributed by atoms with Gasteiger partial charge in [-0.25, -0.2) is 4.98 Å². The highest BCUT2D eigenvalue weighted by Gasteiger charge is 2.51. The molecule has 5 rings (SSSR count). The summed E-state index contributed by atoms with van der Waals surface area (Å²) in [6, 6.07) is 6.88. The van der Waals surface area contributed by atoms with Crippen LogP contribution in [-0.2, 0) is 4.79 Å². The fourth-order valence-corrected chi connectivity index (χ4v) is 7.20. The van der Waals surface area contributed by atoms with Crippen LogP contribution in [0.1, 0.15) is 75.2 Å². The summed E-state index contributed by atoms with van der Waals surface area (Å²) < 4.78 is 0. The van der Waals surface area contributed by atoms with Gasteiger partial charge in [-0.05, 0) is 89.5 Å². The quantitative estimate of drug-likeness (QED) is 0.400. The number of aryl methyl sites for hydroxylation is 2. The van der Waals surface area contributed by atoms with E-state index in [1.807, 2.05) is 32.9 Å². The van der Waals surface area contributed by atoms with Crippen LogP contribution in [0.4, 0.5) is 11.8 Å². The van der Waals surface area contributed by atoms with Crippen molar-refractivity contribution in [1.82, 2.24) is 14.9 Å². The lowest BCUT2D eigenvalue weighted by Gasteiger charge is -2.52. The number of carboxylic acid groups (broad SMARTS) is 1. The molecule has 2 aliphatic heterocycles. The molecule has 1 aliphatic carbocycles. The Bertz CT molecular complexity index is 1200. The number of likely N-dealkylation sites (tertiary alicyclic amines) is 1. The molecule has 3 atom stereocenters. The minimum atomic E-state index is -0.659. The second-order valence-corrected chi connectivity index (χ2v) is 12.7. The maximum atomic E-state index is 11.7. The van der Waals surface area contributed by atoms with E-state index in [9.17, 15) is 9.90 Å². The number of nitrogens with one attached hydrogen (secondary N) is 1. The monoisotopic (exact) mass is 559 g/mol. The highest BCUT2D eigenvalue weighted by molar-refractivity contribution is 6.33. The molecule has 1 saturated carbocycles. The van der Waals surface area contributed by atoms with Crippen molar-refractivity contribution >= 4 is 40.9 Å². The first-order chi connectivity index (χ1) is 18.1. The van der Waals surface area contributed by atoms with Crippen molar-refractivity contribution in [1.29, 1.82) is 0 Å². The molecule has 2 unspecified atom stereocenters. The van der Waals surface area contributed by atoms with Gasteiger partial charge in [0.15, 0.2) is 5.82 Å². The van der Waals surface area contributed by atoms with E-state index in [0.717, 1.165) is 60.7 Å². The first-order valence-corrected chi connectivity index (χ1v) is 14.6. The summed E-state index contributed by atoms with van der Waals surface area (Å²) in [5, 5.41) is 14.3. The molecule has 0 radical (unpaired) electrons. The van der Waals surface area contributed by atoms with Crippen LogP contribution in [0.15, 0.2) is 18.2 Å². The normalized spacial score (nSPS) is 28.7. The van der Waals surface area contributed by atoms with Gasteiger partial charge in [-0.1, -0.05) is 41.8 Å². The van der Waals surface area contributed by atoms with Crippen LogP contribution in [0.2, 0.25) is 10.0 Å². The van der Waals surface area contributed by atoms with Gasteiger partial charge in [0.2, 0.25) is 5.95 Å². The number of hydrogen-bond donors (Lipinski definition) is 2. The first kappa shape index (κ1) is 27.5. The fourth-order valence-electron chi connectivity index (χ4n) is 6.66. The molecule has 2 saturated heterocycles. The number of piperidine rings is 1. The molecule has 2 N–H and O–H groups in total. The van der Waals surface area contributed by atoms with Crippen LogP contribution in [0.25, 0.3) is 0 Å². The number of carbonyl (C=O) groups is 1. The van der Waals surface area contributed by atoms with Crippen LogP contribution >= 0.6 is 23.2 Å². The number of carboxylic acids is 1. The van der Waals surface area contributed by atoms with Crippen molar-refractivity contribution in [3.05, 3.63) is 45.1 Å². The van der Waals surface area contributed by atoms with Crippen molar-refractivity contribution in [2.24, 2.45) is 11.3 Å². The van der Waals surface area contributed by atoms with Crippen LogP contribution in [0, 0.1) is 25.2 Å². The Morgan fingerprint density at radius 3 is 2.63 bits per heavy atom. The number of halogens is 2. The standard InChI is InChI=1S/C29H39Cl2N5O2/c1-17-8-9-22(23(30)13-17)18(2)32-26-25(31)19(3)33-28(34-26)35-12-10-20(16-35)24-7-5-6-11-36(24)21-14-29(4,15-21)27(37)38/h8-9,13,18,20-21,24H,5-7,10-12,14-16H2,1-4H3,(H,37,38)(H,32,33,34)/t18-,20?,21-,24?,29+/m1/s1. The number of benzene rings is 1. The third kappa shape index (κ3) is 5.34. The van der Waals surface area contributed by atoms with E-state index in [2.05, 4.69) is 28.1 Å². The highest BCUT2D eigenvalue weighted by atomic mass is 35.5. The summed E-state index contributed by atoms with van der Waals surface area (Å²) in [7, 11) is 0. The number of anilines is 2. The number of aliphatic carboxylic acids is 1. The van der Waals surface area contributed by atoms with Crippen LogP contribution < -0.4 is 10.2 Å². The summed E-state index contributed by atoms with van der Waals surface area (Å²) in [5.74, 6) is 1.20. The van der Waals surface area contributed by atoms with Crippen LogP contribution in [0.3, 0.4) is 0 Å². The number of hydrogen-bond acceptors (Lipinski definition) is 6. The largest absolute Gasteiger partial charge is 0.481 e. The minimum Gasteiger partial charge on any atom is -0.481 e. The lowest BCUT2D eigenvalue weighted by atomic mass is 9.65. The maximum absolute atomic E-state index is 11.7. The first-order valence-electron chi connectivity index (χ1n) is 13.9. The smallest absolute Gasteiger partial charge is 0.309 e. The maximum Gasteiger partial charge on any atom is 0.309 e. The molecular weight excluding hydrogens is 521 g/mol. The van der Waals surface area contributed by atoms with E-state index in [1.54, 1.807) is 0 Å². The summed E-state index contributed by atoms with van der Waals surface area (Å²) in [4.78, 5) is 26.2. The van der Waals surface area contributed by atoms with Crippen molar-refractivity contribution in [3.63, 3.8) is 0 Å². The lowest BCUT2D eigenvalue weighted by molar-refractivity contribution is -0.159. The average Bonchev–Trinajstić information content (AvgIpc) is 3.34. The van der Waals surface area contributed by atoms with E-state index in [1.165, 1.54) is 19.3 Å². The zero-order valence-corrected chi connectivity index (χ0v) is 24.3. The molecule has 1 aromatic heterocycles. The number of rotatable bonds is 7. The Morgan fingerprint density at radius 1 is 1.16 bits per heavy atom. The van der Waals surface area contributed by atoms with Gasteiger partial charge < -0.3 is 15.3 Å². The van der Waals surface area contributed by atoms with E-state index in [0.29, 0.717) is 34.8 Å². The molecule has 3 aliphatic rings. The predicted molar refractivity (Wildman–Crippen MR) is 153 cm³/mol. The summed E-state index contributed by atoms with van der Waals surface area (Å²) >= 11 is 13.2. The molecular formula is C29H39Cl2N5O2. The Morgan fingerprint density at radius 2 is 1.92 bits per heavy atom. The molecule has 2 aromatic rings. The minimum absolute atomic E-state index is 0.0659. The van der Waals surface area contributed by atoms with Gasteiger partial charge in [-0.15, -0.1) is 0 Å². The molecule has 0 amide bonds. The molecule has 1 aromatic carbocycles. The van der Waals surface area contributed by atoms with Gasteiger partial charge in [-0.3, -0.25) is 9.69 Å². The topological polar surface area (TPSA) is 81.6 Å². The Kier molecular flexibility index (Phi) is 7.82. The highest BCUT2D eigenvalue weighted by Crippen LogP contribution is 2.46. The second-order valence-electron chi connectivity index (χ2n) is 11.9. The zero-order valence-electron chi connectivity index (χ0n) is 22.8. The van der Waals surface area contributed by atoms with Gasteiger partial charge >= 0.3 is 5.97 Å². The molecule has 3 fully saturated rings. The Labute approximate surface area is 235 Å². The van der Waals surface area contributed by atoms with Gasteiger partial charge in [0.1, 0.15) is 5.02 Å². The third-order valence-electron chi connectivity index (χ3n) is 8.98.